The molecule has 1 aliphatic heterocycles. The average Bonchev–Trinajstić information content (AvgIpc) is 2.90. The van der Waals surface area contributed by atoms with Gasteiger partial charge in [-0.05, 0) is 12.8 Å². The van der Waals surface area contributed by atoms with E-state index in [4.69, 9.17) is 24.2 Å². The molecular formula is C12H18BNO5. The first kappa shape index (κ1) is 13.8. The fourth-order valence-corrected chi connectivity index (χ4v) is 2.31. The standard InChI is InChI=1S/C12H18BNO5/c1-17-10-7-9(19-13(15)16)8-11(18-2)12(10)14-5-3-4-6-14/h7-8,15-16H,3-6H2,1-2H3. The second-order valence-electron chi connectivity index (χ2n) is 4.31. The fourth-order valence-electron chi connectivity index (χ4n) is 2.31. The molecule has 0 unspecified atom stereocenters. The predicted molar refractivity (Wildman–Crippen MR) is 71.8 cm³/mol. The van der Waals surface area contributed by atoms with E-state index in [1.54, 1.807) is 26.4 Å². The van der Waals surface area contributed by atoms with Crippen molar-refractivity contribution in [3.8, 4) is 17.2 Å². The number of ether oxygens (including phenoxy) is 2. The monoisotopic (exact) mass is 267 g/mol. The topological polar surface area (TPSA) is 71.4 Å². The lowest BCUT2D eigenvalue weighted by molar-refractivity contribution is 0.286. The zero-order valence-corrected chi connectivity index (χ0v) is 11.1. The van der Waals surface area contributed by atoms with Crippen molar-refractivity contribution in [3.63, 3.8) is 0 Å². The molecule has 2 N–H and O–H groups in total. The van der Waals surface area contributed by atoms with Crippen molar-refractivity contribution in [1.29, 1.82) is 0 Å². The van der Waals surface area contributed by atoms with E-state index in [0.717, 1.165) is 31.6 Å². The van der Waals surface area contributed by atoms with E-state index in [9.17, 15) is 0 Å². The highest BCUT2D eigenvalue weighted by Gasteiger charge is 2.23. The Bertz CT molecular complexity index is 409. The Labute approximate surface area is 112 Å². The molecule has 19 heavy (non-hydrogen) atoms. The van der Waals surface area contributed by atoms with Crippen molar-refractivity contribution in [1.82, 2.24) is 0 Å². The fraction of sp³-hybridized carbons (Fsp3) is 0.500. The van der Waals surface area contributed by atoms with Crippen LogP contribution in [0.2, 0.25) is 0 Å². The second kappa shape index (κ2) is 6.03. The van der Waals surface area contributed by atoms with Gasteiger partial charge in [-0.3, -0.25) is 0 Å². The largest absolute Gasteiger partial charge is 0.707 e. The third kappa shape index (κ3) is 3.05. The van der Waals surface area contributed by atoms with E-state index in [1.807, 2.05) is 0 Å². The van der Waals surface area contributed by atoms with Crippen molar-refractivity contribution in [2.24, 2.45) is 0 Å². The van der Waals surface area contributed by atoms with Gasteiger partial charge >= 0.3 is 7.32 Å². The SMILES string of the molecule is COc1cc(OB(O)O)cc(OC)c1N1CCCC1. The molecule has 1 saturated heterocycles. The van der Waals surface area contributed by atoms with E-state index < -0.39 is 7.32 Å². The maximum absolute atomic E-state index is 8.86. The van der Waals surface area contributed by atoms with Crippen molar-refractivity contribution in [2.75, 3.05) is 32.2 Å². The lowest BCUT2D eigenvalue weighted by atomic mass is 10.2. The highest BCUT2D eigenvalue weighted by atomic mass is 16.6. The van der Waals surface area contributed by atoms with Crippen LogP contribution in [0.4, 0.5) is 5.69 Å². The summed E-state index contributed by atoms with van der Waals surface area (Å²) in [6.07, 6.45) is 2.28. The summed E-state index contributed by atoms with van der Waals surface area (Å²) in [7, 11) is 1.26. The molecule has 1 fully saturated rings. The Morgan fingerprint density at radius 1 is 1.05 bits per heavy atom. The van der Waals surface area contributed by atoms with Crippen LogP contribution in [-0.2, 0) is 0 Å². The smallest absolute Gasteiger partial charge is 0.512 e. The normalized spacial score (nSPS) is 14.4. The second-order valence-corrected chi connectivity index (χ2v) is 4.31. The molecule has 0 saturated carbocycles. The highest BCUT2D eigenvalue weighted by Crippen LogP contribution is 2.42. The third-order valence-corrected chi connectivity index (χ3v) is 3.12. The van der Waals surface area contributed by atoms with Gasteiger partial charge in [-0.15, -0.1) is 0 Å². The summed E-state index contributed by atoms with van der Waals surface area (Å²) in [5.41, 5.74) is 0.877. The molecule has 104 valence electrons. The van der Waals surface area contributed by atoms with E-state index >= 15 is 0 Å². The van der Waals surface area contributed by atoms with Crippen LogP contribution < -0.4 is 19.0 Å². The number of nitrogens with zero attached hydrogens (tertiary/aromatic N) is 1. The van der Waals surface area contributed by atoms with E-state index in [2.05, 4.69) is 4.90 Å². The van der Waals surface area contributed by atoms with Gasteiger partial charge in [0.25, 0.3) is 0 Å². The van der Waals surface area contributed by atoms with Crippen LogP contribution in [0.3, 0.4) is 0 Å². The molecule has 0 aromatic heterocycles. The summed E-state index contributed by atoms with van der Waals surface area (Å²) >= 11 is 0. The molecule has 6 nitrogen and oxygen atoms in total. The molecule has 1 aromatic carbocycles. The van der Waals surface area contributed by atoms with Gasteiger partial charge in [-0.1, -0.05) is 0 Å². The van der Waals surface area contributed by atoms with Crippen molar-refractivity contribution in [3.05, 3.63) is 12.1 Å². The summed E-state index contributed by atoms with van der Waals surface area (Å²) in [5.74, 6) is 1.47. The molecule has 0 radical (unpaired) electrons. The van der Waals surface area contributed by atoms with E-state index in [0.29, 0.717) is 11.5 Å². The van der Waals surface area contributed by atoms with Crippen LogP contribution >= 0.6 is 0 Å². The Kier molecular flexibility index (Phi) is 4.39. The minimum Gasteiger partial charge on any atom is -0.512 e. The van der Waals surface area contributed by atoms with Crippen molar-refractivity contribution >= 4 is 13.0 Å². The highest BCUT2D eigenvalue weighted by molar-refractivity contribution is 6.33. The number of methoxy groups -OCH3 is 2. The van der Waals surface area contributed by atoms with Crippen LogP contribution in [0.25, 0.3) is 0 Å². The number of anilines is 1. The van der Waals surface area contributed by atoms with E-state index in [-0.39, 0.29) is 5.75 Å². The average molecular weight is 267 g/mol. The van der Waals surface area contributed by atoms with Crippen molar-refractivity contribution < 1.29 is 24.2 Å². The number of benzene rings is 1. The molecule has 0 atom stereocenters. The summed E-state index contributed by atoms with van der Waals surface area (Å²) in [6.45, 7) is 1.91. The van der Waals surface area contributed by atoms with Crippen LogP contribution in [0, 0.1) is 0 Å². The zero-order valence-electron chi connectivity index (χ0n) is 11.1. The summed E-state index contributed by atoms with van der Waals surface area (Å²) in [5, 5.41) is 17.7. The van der Waals surface area contributed by atoms with Gasteiger partial charge in [0.05, 0.1) is 14.2 Å². The Morgan fingerprint density at radius 3 is 2.00 bits per heavy atom. The number of rotatable bonds is 5. The lowest BCUT2D eigenvalue weighted by Gasteiger charge is -2.24. The first-order chi connectivity index (χ1) is 9.15. The van der Waals surface area contributed by atoms with Gasteiger partial charge in [0, 0.05) is 25.2 Å². The summed E-state index contributed by atoms with van der Waals surface area (Å²) < 4.78 is 15.6. The quantitative estimate of drug-likeness (QED) is 0.763. The van der Waals surface area contributed by atoms with Gasteiger partial charge in [0.1, 0.15) is 22.9 Å². The van der Waals surface area contributed by atoms with Crippen LogP contribution in [-0.4, -0.2) is 44.7 Å². The lowest BCUT2D eigenvalue weighted by Crippen LogP contribution is -2.22. The maximum atomic E-state index is 8.86. The summed E-state index contributed by atoms with van der Waals surface area (Å²) in [4.78, 5) is 2.19. The molecule has 1 aromatic rings. The van der Waals surface area contributed by atoms with Crippen LogP contribution in [0.15, 0.2) is 12.1 Å². The minimum atomic E-state index is -1.87. The first-order valence-corrected chi connectivity index (χ1v) is 6.19. The molecule has 1 heterocycles. The molecule has 1 aliphatic rings. The molecule has 0 aliphatic carbocycles. The first-order valence-electron chi connectivity index (χ1n) is 6.19. The molecule has 0 bridgehead atoms. The minimum absolute atomic E-state index is 0.284. The Hall–Kier alpha value is -1.60. The van der Waals surface area contributed by atoms with Gasteiger partial charge in [0.15, 0.2) is 0 Å². The Morgan fingerprint density at radius 2 is 1.58 bits per heavy atom. The number of hydrogen-bond acceptors (Lipinski definition) is 6. The van der Waals surface area contributed by atoms with Crippen LogP contribution in [0.1, 0.15) is 12.8 Å². The van der Waals surface area contributed by atoms with E-state index in [1.165, 1.54) is 0 Å². The molecule has 0 amide bonds. The molecular weight excluding hydrogens is 249 g/mol. The maximum Gasteiger partial charge on any atom is 0.707 e. The molecule has 2 rings (SSSR count). The zero-order chi connectivity index (χ0) is 13.8. The summed E-state index contributed by atoms with van der Waals surface area (Å²) in [6, 6.07) is 3.24. The third-order valence-electron chi connectivity index (χ3n) is 3.12. The van der Waals surface area contributed by atoms with Gasteiger partial charge in [-0.25, -0.2) is 0 Å². The van der Waals surface area contributed by atoms with Gasteiger partial charge in [-0.2, -0.15) is 0 Å². The molecule has 7 heteroatoms. The van der Waals surface area contributed by atoms with Gasteiger partial charge < -0.3 is 29.1 Å². The van der Waals surface area contributed by atoms with Crippen LogP contribution in [0.5, 0.6) is 17.2 Å². The number of hydrogen-bond donors (Lipinski definition) is 2. The Balaban J connectivity index is 2.39. The van der Waals surface area contributed by atoms with Gasteiger partial charge in [0.2, 0.25) is 0 Å². The van der Waals surface area contributed by atoms with Crippen molar-refractivity contribution in [2.45, 2.75) is 12.8 Å². The molecule has 0 spiro atoms. The predicted octanol–water partition coefficient (Wildman–Crippen LogP) is 0.652.